The maximum Gasteiger partial charge on any atom is 0.303 e. The van der Waals surface area contributed by atoms with Crippen molar-refractivity contribution >= 4 is 22.8 Å². The van der Waals surface area contributed by atoms with Crippen LogP contribution in [0.4, 0.5) is 0 Å². The Morgan fingerprint density at radius 1 is 1.22 bits per heavy atom. The van der Waals surface area contributed by atoms with E-state index in [1.807, 2.05) is 18.2 Å². The van der Waals surface area contributed by atoms with Gasteiger partial charge in [0.1, 0.15) is 0 Å². The second kappa shape index (κ2) is 5.50. The molecule has 0 atom stereocenters. The van der Waals surface area contributed by atoms with E-state index in [0.29, 0.717) is 6.42 Å². The first-order valence-corrected chi connectivity index (χ1v) is 6.05. The monoisotopic (exact) mass is 240 g/mol. The number of allylic oxidation sites excluding steroid dienone is 1. The van der Waals surface area contributed by atoms with Gasteiger partial charge in [-0.2, -0.15) is 0 Å². The standard InChI is InChI=1S/C16H16O2/c1-12-6-4-8-14-10-5-9-13(16(12)14)7-2-3-11-15(17)18/h2,4-10H,3,11H2,1H3,(H,17,18)/b7-2+. The van der Waals surface area contributed by atoms with Gasteiger partial charge in [-0.05, 0) is 35.2 Å². The molecule has 2 nitrogen and oxygen atoms in total. The molecule has 92 valence electrons. The van der Waals surface area contributed by atoms with E-state index >= 15 is 0 Å². The SMILES string of the molecule is Cc1cccc2cccc(/C=C/CCC(=O)O)c12. The van der Waals surface area contributed by atoms with Gasteiger partial charge in [0.15, 0.2) is 0 Å². The van der Waals surface area contributed by atoms with E-state index in [1.54, 1.807) is 0 Å². The molecule has 0 fully saturated rings. The summed E-state index contributed by atoms with van der Waals surface area (Å²) < 4.78 is 0. The topological polar surface area (TPSA) is 37.3 Å². The normalized spacial score (nSPS) is 11.2. The van der Waals surface area contributed by atoms with E-state index in [9.17, 15) is 4.79 Å². The van der Waals surface area contributed by atoms with Crippen molar-refractivity contribution < 1.29 is 9.90 Å². The van der Waals surface area contributed by atoms with Crippen LogP contribution in [0.3, 0.4) is 0 Å². The highest BCUT2D eigenvalue weighted by molar-refractivity contribution is 5.93. The van der Waals surface area contributed by atoms with Crippen molar-refractivity contribution in [3.63, 3.8) is 0 Å². The number of aliphatic carboxylic acids is 1. The number of hydrogen-bond acceptors (Lipinski definition) is 1. The summed E-state index contributed by atoms with van der Waals surface area (Å²) in [6, 6.07) is 12.4. The van der Waals surface area contributed by atoms with Gasteiger partial charge >= 0.3 is 5.97 Å². The van der Waals surface area contributed by atoms with Crippen LogP contribution in [0.5, 0.6) is 0 Å². The summed E-state index contributed by atoms with van der Waals surface area (Å²) in [6.45, 7) is 2.09. The third kappa shape index (κ3) is 2.77. The molecular formula is C16H16O2. The molecule has 0 aliphatic rings. The van der Waals surface area contributed by atoms with Gasteiger partial charge in [0.25, 0.3) is 0 Å². The number of fused-ring (bicyclic) bond motifs is 1. The minimum absolute atomic E-state index is 0.181. The van der Waals surface area contributed by atoms with Crippen LogP contribution in [0.2, 0.25) is 0 Å². The van der Waals surface area contributed by atoms with Crippen LogP contribution >= 0.6 is 0 Å². The molecule has 2 aromatic carbocycles. The molecule has 0 spiro atoms. The second-order valence-corrected chi connectivity index (χ2v) is 4.36. The van der Waals surface area contributed by atoms with Gasteiger partial charge in [0.05, 0.1) is 0 Å². The summed E-state index contributed by atoms with van der Waals surface area (Å²) in [7, 11) is 0. The molecule has 0 saturated heterocycles. The van der Waals surface area contributed by atoms with Crippen LogP contribution in [0.25, 0.3) is 16.8 Å². The molecule has 0 aliphatic carbocycles. The summed E-state index contributed by atoms with van der Waals surface area (Å²) in [5, 5.41) is 11.1. The Bertz CT molecular complexity index is 592. The van der Waals surface area contributed by atoms with Gasteiger partial charge in [-0.25, -0.2) is 0 Å². The van der Waals surface area contributed by atoms with Gasteiger partial charge in [-0.3, -0.25) is 4.79 Å². The van der Waals surface area contributed by atoms with Gasteiger partial charge in [0, 0.05) is 6.42 Å². The van der Waals surface area contributed by atoms with Crippen molar-refractivity contribution in [3.05, 3.63) is 53.6 Å². The lowest BCUT2D eigenvalue weighted by molar-refractivity contribution is -0.136. The highest BCUT2D eigenvalue weighted by atomic mass is 16.4. The summed E-state index contributed by atoms with van der Waals surface area (Å²) in [5.74, 6) is -0.756. The van der Waals surface area contributed by atoms with Gasteiger partial charge in [0.2, 0.25) is 0 Å². The van der Waals surface area contributed by atoms with Crippen LogP contribution in [-0.4, -0.2) is 11.1 Å². The molecule has 0 saturated carbocycles. The maximum atomic E-state index is 10.4. The van der Waals surface area contributed by atoms with Crippen LogP contribution in [0.15, 0.2) is 42.5 Å². The quantitative estimate of drug-likeness (QED) is 0.876. The zero-order valence-electron chi connectivity index (χ0n) is 10.4. The third-order valence-corrected chi connectivity index (χ3v) is 2.97. The Kier molecular flexibility index (Phi) is 3.78. The zero-order valence-corrected chi connectivity index (χ0v) is 10.4. The van der Waals surface area contributed by atoms with Crippen LogP contribution in [0.1, 0.15) is 24.0 Å². The number of rotatable bonds is 4. The molecule has 2 rings (SSSR count). The smallest absolute Gasteiger partial charge is 0.303 e. The van der Waals surface area contributed by atoms with Crippen LogP contribution in [0, 0.1) is 6.92 Å². The molecule has 0 aliphatic heterocycles. The number of aryl methyl sites for hydroxylation is 1. The van der Waals surface area contributed by atoms with Gasteiger partial charge < -0.3 is 5.11 Å². The Morgan fingerprint density at radius 3 is 2.67 bits per heavy atom. The maximum absolute atomic E-state index is 10.4. The molecule has 0 radical (unpaired) electrons. The fourth-order valence-electron chi connectivity index (χ4n) is 2.12. The Balaban J connectivity index is 2.30. The van der Waals surface area contributed by atoms with Gasteiger partial charge in [-0.1, -0.05) is 48.6 Å². The lowest BCUT2D eigenvalue weighted by Crippen LogP contribution is -1.91. The summed E-state index contributed by atoms with van der Waals surface area (Å²) in [6.07, 6.45) is 4.69. The number of carboxylic acid groups (broad SMARTS) is 1. The van der Waals surface area contributed by atoms with E-state index in [1.165, 1.54) is 16.3 Å². The third-order valence-electron chi connectivity index (χ3n) is 2.97. The van der Waals surface area contributed by atoms with Crippen LogP contribution < -0.4 is 0 Å². The first-order chi connectivity index (χ1) is 8.68. The molecule has 0 unspecified atom stereocenters. The molecule has 0 aromatic heterocycles. The Morgan fingerprint density at radius 2 is 1.94 bits per heavy atom. The van der Waals surface area contributed by atoms with E-state index in [2.05, 4.69) is 37.3 Å². The van der Waals surface area contributed by atoms with Crippen molar-refractivity contribution in [3.8, 4) is 0 Å². The lowest BCUT2D eigenvalue weighted by Gasteiger charge is -2.05. The van der Waals surface area contributed by atoms with Crippen molar-refractivity contribution in [2.45, 2.75) is 19.8 Å². The first kappa shape index (κ1) is 12.4. The van der Waals surface area contributed by atoms with Crippen molar-refractivity contribution in [1.82, 2.24) is 0 Å². The largest absolute Gasteiger partial charge is 0.481 e. The number of carbonyl (C=O) groups is 1. The Labute approximate surface area is 107 Å². The second-order valence-electron chi connectivity index (χ2n) is 4.36. The number of carboxylic acids is 1. The summed E-state index contributed by atoms with van der Waals surface area (Å²) in [5.41, 5.74) is 2.39. The van der Waals surface area contributed by atoms with E-state index in [4.69, 9.17) is 5.11 Å². The summed E-state index contributed by atoms with van der Waals surface area (Å²) in [4.78, 5) is 10.4. The van der Waals surface area contributed by atoms with E-state index < -0.39 is 5.97 Å². The zero-order chi connectivity index (χ0) is 13.0. The highest BCUT2D eigenvalue weighted by Crippen LogP contribution is 2.23. The number of benzene rings is 2. The average molecular weight is 240 g/mol. The fourth-order valence-corrected chi connectivity index (χ4v) is 2.12. The minimum Gasteiger partial charge on any atom is -0.481 e. The van der Waals surface area contributed by atoms with Crippen molar-refractivity contribution in [2.75, 3.05) is 0 Å². The average Bonchev–Trinajstić information content (AvgIpc) is 2.34. The molecule has 2 aromatic rings. The van der Waals surface area contributed by atoms with E-state index in [-0.39, 0.29) is 6.42 Å². The first-order valence-electron chi connectivity index (χ1n) is 6.05. The minimum atomic E-state index is -0.756. The Hall–Kier alpha value is -2.09. The molecule has 1 N–H and O–H groups in total. The highest BCUT2D eigenvalue weighted by Gasteiger charge is 2.00. The predicted octanol–water partition coefficient (Wildman–Crippen LogP) is 4.03. The van der Waals surface area contributed by atoms with E-state index in [0.717, 1.165) is 5.56 Å². The summed E-state index contributed by atoms with van der Waals surface area (Å²) >= 11 is 0. The molecule has 0 heterocycles. The molecule has 2 heteroatoms. The van der Waals surface area contributed by atoms with Crippen molar-refractivity contribution in [2.24, 2.45) is 0 Å². The number of hydrogen-bond donors (Lipinski definition) is 1. The molecule has 0 amide bonds. The lowest BCUT2D eigenvalue weighted by atomic mass is 9.99. The fraction of sp³-hybridized carbons (Fsp3) is 0.188. The molecule has 0 bridgehead atoms. The van der Waals surface area contributed by atoms with Crippen molar-refractivity contribution in [1.29, 1.82) is 0 Å². The molecular weight excluding hydrogens is 224 g/mol. The van der Waals surface area contributed by atoms with Crippen LogP contribution in [-0.2, 0) is 4.79 Å². The molecule has 18 heavy (non-hydrogen) atoms. The predicted molar refractivity (Wildman–Crippen MR) is 74.6 cm³/mol. The van der Waals surface area contributed by atoms with Gasteiger partial charge in [-0.15, -0.1) is 0 Å².